The minimum atomic E-state index is -0.901. The molecule has 1 heterocycles. The molecule has 0 aliphatic heterocycles. The molecule has 0 saturated carbocycles. The fraction of sp³-hybridized carbons (Fsp3) is 0.444. The number of aliphatic carboxylic acids is 1. The van der Waals surface area contributed by atoms with Gasteiger partial charge in [-0.05, 0) is 0 Å². The van der Waals surface area contributed by atoms with Crippen molar-refractivity contribution in [2.75, 3.05) is 18.9 Å². The summed E-state index contributed by atoms with van der Waals surface area (Å²) in [5, 5.41) is 16.3. The highest BCUT2D eigenvalue weighted by atomic mass is 32.1. The lowest BCUT2D eigenvalue weighted by molar-refractivity contribution is -0.136. The molecule has 0 radical (unpaired) electrons. The van der Waals surface area contributed by atoms with Crippen molar-refractivity contribution in [2.24, 2.45) is 0 Å². The van der Waals surface area contributed by atoms with E-state index in [2.05, 4.69) is 15.6 Å². The fourth-order valence-electron chi connectivity index (χ4n) is 1.03. The summed E-state index contributed by atoms with van der Waals surface area (Å²) in [5.41, 5.74) is 0.528. The summed E-state index contributed by atoms with van der Waals surface area (Å²) in [6.45, 7) is 0.486. The molecule has 1 aromatic heterocycles. The molecule has 0 bridgehead atoms. The van der Waals surface area contributed by atoms with Crippen LogP contribution in [-0.2, 0) is 16.0 Å². The van der Waals surface area contributed by atoms with E-state index in [-0.39, 0.29) is 12.3 Å². The molecule has 0 aliphatic rings. The van der Waals surface area contributed by atoms with Crippen LogP contribution in [0.25, 0.3) is 0 Å². The molecule has 0 spiro atoms. The molecule has 1 rings (SSSR count). The lowest BCUT2D eigenvalue weighted by Gasteiger charge is -2.00. The van der Waals surface area contributed by atoms with E-state index in [0.717, 1.165) is 0 Å². The Morgan fingerprint density at radius 1 is 1.56 bits per heavy atom. The number of hydrogen-bond donors (Lipinski definition) is 3. The van der Waals surface area contributed by atoms with Crippen molar-refractivity contribution in [3.63, 3.8) is 0 Å². The van der Waals surface area contributed by atoms with E-state index < -0.39 is 5.97 Å². The van der Waals surface area contributed by atoms with Crippen LogP contribution in [-0.4, -0.2) is 35.6 Å². The van der Waals surface area contributed by atoms with Crippen molar-refractivity contribution in [2.45, 2.75) is 12.8 Å². The summed E-state index contributed by atoms with van der Waals surface area (Å²) in [7, 11) is 1.58. The molecule has 6 nitrogen and oxygen atoms in total. The van der Waals surface area contributed by atoms with Gasteiger partial charge in [-0.2, -0.15) is 0 Å². The Bertz CT molecular complexity index is 378. The Kier molecular flexibility index (Phi) is 4.71. The molecule has 3 N–H and O–H groups in total. The summed E-state index contributed by atoms with van der Waals surface area (Å²) in [4.78, 5) is 25.4. The number of carboxylic acids is 1. The third-order valence-electron chi connectivity index (χ3n) is 1.79. The minimum absolute atomic E-state index is 0.0465. The van der Waals surface area contributed by atoms with Gasteiger partial charge in [0.1, 0.15) is 0 Å². The standard InChI is InChI=1S/C9H13N3O3S/c1-10-7(13)2-3-11-9-12-6(5-16-9)4-8(14)15/h5H,2-4H2,1H3,(H,10,13)(H,11,12)(H,14,15). The number of carboxylic acid groups (broad SMARTS) is 1. The van der Waals surface area contributed by atoms with Crippen molar-refractivity contribution in [3.8, 4) is 0 Å². The van der Waals surface area contributed by atoms with Crippen molar-refractivity contribution in [1.29, 1.82) is 0 Å². The van der Waals surface area contributed by atoms with Gasteiger partial charge in [-0.1, -0.05) is 0 Å². The van der Waals surface area contributed by atoms with E-state index in [9.17, 15) is 9.59 Å². The van der Waals surface area contributed by atoms with Crippen LogP contribution in [0.15, 0.2) is 5.38 Å². The van der Waals surface area contributed by atoms with Crippen LogP contribution < -0.4 is 10.6 Å². The van der Waals surface area contributed by atoms with E-state index in [4.69, 9.17) is 5.11 Å². The zero-order chi connectivity index (χ0) is 12.0. The monoisotopic (exact) mass is 243 g/mol. The Hall–Kier alpha value is -1.63. The van der Waals surface area contributed by atoms with Crippen molar-refractivity contribution in [1.82, 2.24) is 10.3 Å². The molecule has 0 fully saturated rings. The molecule has 0 aliphatic carbocycles. The third kappa shape index (κ3) is 4.26. The van der Waals surface area contributed by atoms with Crippen LogP contribution in [0.3, 0.4) is 0 Å². The molecule has 0 aromatic carbocycles. The van der Waals surface area contributed by atoms with Gasteiger partial charge in [-0.3, -0.25) is 9.59 Å². The predicted molar refractivity (Wildman–Crippen MR) is 60.6 cm³/mol. The van der Waals surface area contributed by atoms with Gasteiger partial charge in [0.15, 0.2) is 5.13 Å². The second kappa shape index (κ2) is 6.06. The number of amides is 1. The van der Waals surface area contributed by atoms with Crippen molar-refractivity contribution in [3.05, 3.63) is 11.1 Å². The molecule has 7 heteroatoms. The second-order valence-corrected chi connectivity index (χ2v) is 3.92. The highest BCUT2D eigenvalue weighted by molar-refractivity contribution is 7.13. The van der Waals surface area contributed by atoms with Gasteiger partial charge in [-0.25, -0.2) is 4.98 Å². The normalized spacial score (nSPS) is 9.81. The first-order valence-corrected chi connectivity index (χ1v) is 5.60. The van der Waals surface area contributed by atoms with Gasteiger partial charge < -0.3 is 15.7 Å². The zero-order valence-electron chi connectivity index (χ0n) is 8.82. The smallest absolute Gasteiger partial charge is 0.309 e. The van der Waals surface area contributed by atoms with Gasteiger partial charge in [-0.15, -0.1) is 11.3 Å². The first-order valence-electron chi connectivity index (χ1n) is 4.72. The molecular weight excluding hydrogens is 230 g/mol. The third-order valence-corrected chi connectivity index (χ3v) is 2.64. The fourth-order valence-corrected chi connectivity index (χ4v) is 1.77. The first-order chi connectivity index (χ1) is 7.61. The number of nitrogens with zero attached hydrogens (tertiary/aromatic N) is 1. The number of thiazole rings is 1. The first kappa shape index (κ1) is 12.4. The molecule has 0 atom stereocenters. The maximum Gasteiger partial charge on any atom is 0.309 e. The number of nitrogens with one attached hydrogen (secondary N) is 2. The van der Waals surface area contributed by atoms with E-state index in [1.165, 1.54) is 11.3 Å². The molecule has 0 unspecified atom stereocenters. The van der Waals surface area contributed by atoms with E-state index >= 15 is 0 Å². The Labute approximate surface area is 96.7 Å². The Morgan fingerprint density at radius 2 is 2.31 bits per heavy atom. The molecule has 88 valence electrons. The zero-order valence-corrected chi connectivity index (χ0v) is 9.63. The predicted octanol–water partition coefficient (Wildman–Crippen LogP) is 0.318. The van der Waals surface area contributed by atoms with Gasteiger partial charge in [0, 0.05) is 25.4 Å². The Morgan fingerprint density at radius 3 is 2.94 bits per heavy atom. The van der Waals surface area contributed by atoms with Crippen LogP contribution in [0.5, 0.6) is 0 Å². The van der Waals surface area contributed by atoms with Crippen LogP contribution in [0.1, 0.15) is 12.1 Å². The SMILES string of the molecule is CNC(=O)CCNc1nc(CC(=O)O)cs1. The van der Waals surface area contributed by atoms with Crippen LogP contribution in [0, 0.1) is 0 Å². The van der Waals surface area contributed by atoms with Crippen LogP contribution >= 0.6 is 11.3 Å². The van der Waals surface area contributed by atoms with Gasteiger partial charge in [0.05, 0.1) is 12.1 Å². The molecule has 0 saturated heterocycles. The quantitative estimate of drug-likeness (QED) is 0.669. The molecule has 1 amide bonds. The topological polar surface area (TPSA) is 91.3 Å². The molecule has 1 aromatic rings. The van der Waals surface area contributed by atoms with Gasteiger partial charge in [0.2, 0.25) is 5.91 Å². The number of carbonyl (C=O) groups is 2. The lowest BCUT2D eigenvalue weighted by Crippen LogP contribution is -2.20. The summed E-state index contributed by atoms with van der Waals surface area (Å²) in [6.07, 6.45) is 0.290. The summed E-state index contributed by atoms with van der Waals surface area (Å²) in [6, 6.07) is 0. The van der Waals surface area contributed by atoms with Gasteiger partial charge >= 0.3 is 5.97 Å². The highest BCUT2D eigenvalue weighted by Crippen LogP contribution is 2.15. The van der Waals surface area contributed by atoms with E-state index in [0.29, 0.717) is 23.8 Å². The average Bonchev–Trinajstić information content (AvgIpc) is 2.64. The number of anilines is 1. The van der Waals surface area contributed by atoms with Crippen LogP contribution in [0.4, 0.5) is 5.13 Å². The maximum absolute atomic E-state index is 10.9. The Balaban J connectivity index is 2.34. The summed E-state index contributed by atoms with van der Waals surface area (Å²) >= 11 is 1.33. The largest absolute Gasteiger partial charge is 0.481 e. The van der Waals surface area contributed by atoms with Gasteiger partial charge in [0.25, 0.3) is 0 Å². The number of carbonyl (C=O) groups excluding carboxylic acids is 1. The van der Waals surface area contributed by atoms with E-state index in [1.54, 1.807) is 12.4 Å². The van der Waals surface area contributed by atoms with Crippen LogP contribution in [0.2, 0.25) is 0 Å². The number of rotatable bonds is 6. The highest BCUT2D eigenvalue weighted by Gasteiger charge is 2.06. The van der Waals surface area contributed by atoms with Crippen molar-refractivity contribution >= 4 is 28.3 Å². The average molecular weight is 243 g/mol. The molecule has 16 heavy (non-hydrogen) atoms. The molecular formula is C9H13N3O3S. The summed E-state index contributed by atoms with van der Waals surface area (Å²) < 4.78 is 0. The summed E-state index contributed by atoms with van der Waals surface area (Å²) in [5.74, 6) is -0.947. The maximum atomic E-state index is 10.9. The van der Waals surface area contributed by atoms with E-state index in [1.807, 2.05) is 0 Å². The second-order valence-electron chi connectivity index (χ2n) is 3.06. The number of hydrogen-bond acceptors (Lipinski definition) is 5. The minimum Gasteiger partial charge on any atom is -0.481 e. The number of aromatic nitrogens is 1. The van der Waals surface area contributed by atoms with Crippen molar-refractivity contribution < 1.29 is 14.7 Å². The lowest BCUT2D eigenvalue weighted by atomic mass is 10.3.